The molecule has 0 radical (unpaired) electrons. The van der Waals surface area contributed by atoms with Crippen molar-refractivity contribution >= 4 is 40.0 Å². The summed E-state index contributed by atoms with van der Waals surface area (Å²) in [6.07, 6.45) is 1.33. The number of primary amides is 1. The van der Waals surface area contributed by atoms with E-state index in [1.165, 1.54) is 0 Å². The average Bonchev–Trinajstić information content (AvgIpc) is 3.26. The van der Waals surface area contributed by atoms with Crippen molar-refractivity contribution in [1.29, 1.82) is 0 Å². The number of ether oxygens (including phenoxy) is 1. The van der Waals surface area contributed by atoms with Crippen LogP contribution in [0.3, 0.4) is 0 Å². The lowest BCUT2D eigenvalue weighted by Gasteiger charge is -2.10. The Hall–Kier alpha value is -2.96. The van der Waals surface area contributed by atoms with E-state index in [0.29, 0.717) is 30.2 Å². The van der Waals surface area contributed by atoms with Gasteiger partial charge in [-0.15, -0.1) is 0 Å². The number of hydrogen-bond donors (Lipinski definition) is 2. The SMILES string of the molecule is Cc1cc(OCCCc2c(C(N)=O)[nH]c3c(-c4c(C)nn(C)c4C)c(Cl)ccc23)cc(C)c1Cl. The Morgan fingerprint density at radius 1 is 1.12 bits per heavy atom. The Labute approximate surface area is 209 Å². The number of rotatable bonds is 7. The van der Waals surface area contributed by atoms with E-state index in [1.54, 1.807) is 0 Å². The Morgan fingerprint density at radius 3 is 2.38 bits per heavy atom. The van der Waals surface area contributed by atoms with Crippen molar-refractivity contribution in [2.75, 3.05) is 6.61 Å². The first-order chi connectivity index (χ1) is 16.1. The van der Waals surface area contributed by atoms with E-state index in [2.05, 4.69) is 10.1 Å². The molecule has 8 heteroatoms. The van der Waals surface area contributed by atoms with Gasteiger partial charge in [0.05, 0.1) is 22.8 Å². The second-order valence-corrected chi connectivity index (χ2v) is 9.47. The fraction of sp³-hybridized carbons (Fsp3) is 0.308. The number of nitrogens with zero attached hydrogens (tertiary/aromatic N) is 2. The van der Waals surface area contributed by atoms with Gasteiger partial charge in [0.25, 0.3) is 5.91 Å². The fourth-order valence-electron chi connectivity index (χ4n) is 4.57. The summed E-state index contributed by atoms with van der Waals surface area (Å²) < 4.78 is 7.79. The van der Waals surface area contributed by atoms with Crippen LogP contribution in [0.2, 0.25) is 10.0 Å². The number of aryl methyl sites for hydroxylation is 5. The Morgan fingerprint density at radius 2 is 1.79 bits per heavy atom. The highest BCUT2D eigenvalue weighted by Gasteiger charge is 2.23. The zero-order valence-corrected chi connectivity index (χ0v) is 21.5. The zero-order valence-electron chi connectivity index (χ0n) is 20.0. The summed E-state index contributed by atoms with van der Waals surface area (Å²) in [6.45, 7) is 8.37. The molecule has 4 rings (SSSR count). The van der Waals surface area contributed by atoms with Crippen LogP contribution in [0, 0.1) is 27.7 Å². The molecule has 2 heterocycles. The smallest absolute Gasteiger partial charge is 0.265 e. The molecule has 0 aliphatic heterocycles. The maximum atomic E-state index is 12.3. The van der Waals surface area contributed by atoms with Crippen LogP contribution in [-0.4, -0.2) is 27.3 Å². The van der Waals surface area contributed by atoms with Crippen LogP contribution in [-0.2, 0) is 13.5 Å². The van der Waals surface area contributed by atoms with Crippen LogP contribution in [0.25, 0.3) is 22.0 Å². The van der Waals surface area contributed by atoms with Gasteiger partial charge in [0, 0.05) is 34.3 Å². The number of hydrogen-bond acceptors (Lipinski definition) is 3. The maximum Gasteiger partial charge on any atom is 0.265 e. The number of aromatic nitrogens is 3. The molecule has 1 amide bonds. The highest BCUT2D eigenvalue weighted by Crippen LogP contribution is 2.40. The molecule has 0 fully saturated rings. The molecule has 2 aromatic heterocycles. The number of nitrogens with one attached hydrogen (secondary N) is 1. The van der Waals surface area contributed by atoms with E-state index >= 15 is 0 Å². The number of aromatic amines is 1. The number of benzene rings is 2. The lowest BCUT2D eigenvalue weighted by molar-refractivity contribution is 0.0995. The van der Waals surface area contributed by atoms with Crippen LogP contribution in [0.5, 0.6) is 5.75 Å². The van der Waals surface area contributed by atoms with Gasteiger partial charge in [0.1, 0.15) is 11.4 Å². The molecule has 0 saturated carbocycles. The topological polar surface area (TPSA) is 85.9 Å². The number of nitrogens with two attached hydrogens (primary N) is 1. The second-order valence-electron chi connectivity index (χ2n) is 8.68. The van der Waals surface area contributed by atoms with Crippen molar-refractivity contribution in [2.45, 2.75) is 40.5 Å². The van der Waals surface area contributed by atoms with Crippen molar-refractivity contribution in [3.63, 3.8) is 0 Å². The van der Waals surface area contributed by atoms with E-state index < -0.39 is 5.91 Å². The normalized spacial score (nSPS) is 11.4. The molecule has 0 spiro atoms. The monoisotopic (exact) mass is 498 g/mol. The average molecular weight is 499 g/mol. The first-order valence-corrected chi connectivity index (χ1v) is 11.9. The summed E-state index contributed by atoms with van der Waals surface area (Å²) >= 11 is 12.9. The Balaban J connectivity index is 1.67. The largest absolute Gasteiger partial charge is 0.494 e. The number of amides is 1. The predicted octanol–water partition coefficient (Wildman–Crippen LogP) is 6.22. The molecular weight excluding hydrogens is 471 g/mol. The quantitative estimate of drug-likeness (QED) is 0.296. The first-order valence-electron chi connectivity index (χ1n) is 11.1. The molecule has 0 aliphatic rings. The van der Waals surface area contributed by atoms with Gasteiger partial charge >= 0.3 is 0 Å². The van der Waals surface area contributed by atoms with Gasteiger partial charge in [-0.25, -0.2) is 0 Å². The van der Waals surface area contributed by atoms with Crippen LogP contribution in [0.15, 0.2) is 24.3 Å². The molecule has 0 saturated heterocycles. The van der Waals surface area contributed by atoms with Crippen LogP contribution in [0.4, 0.5) is 0 Å². The highest BCUT2D eigenvalue weighted by molar-refractivity contribution is 6.35. The van der Waals surface area contributed by atoms with Crippen LogP contribution < -0.4 is 10.5 Å². The minimum absolute atomic E-state index is 0.399. The zero-order chi connectivity index (χ0) is 24.7. The molecule has 0 unspecified atom stereocenters. The van der Waals surface area contributed by atoms with E-state index in [9.17, 15) is 4.79 Å². The van der Waals surface area contributed by atoms with Crippen LogP contribution in [0.1, 0.15) is 45.0 Å². The molecule has 178 valence electrons. The molecule has 4 aromatic rings. The molecular formula is C26H28Cl2N4O2. The van der Waals surface area contributed by atoms with E-state index in [1.807, 2.05) is 63.7 Å². The van der Waals surface area contributed by atoms with E-state index in [-0.39, 0.29) is 0 Å². The number of halogens is 2. The third kappa shape index (κ3) is 4.28. The standard InChI is InChI=1S/C26H28Cl2N4O2/c1-13-11-17(12-14(2)23(13)28)34-10-6-7-18-19-8-9-20(27)22(24(19)30-25(18)26(29)33)21-15(3)31-32(5)16(21)4/h8-9,11-12,30H,6-7,10H2,1-5H3,(H2,29,33). The van der Waals surface area contributed by atoms with Crippen molar-refractivity contribution in [2.24, 2.45) is 12.8 Å². The summed E-state index contributed by atoms with van der Waals surface area (Å²) in [5.74, 6) is 0.280. The summed E-state index contributed by atoms with van der Waals surface area (Å²) in [4.78, 5) is 15.6. The minimum Gasteiger partial charge on any atom is -0.494 e. The van der Waals surface area contributed by atoms with Crippen LogP contribution >= 0.6 is 23.2 Å². The highest BCUT2D eigenvalue weighted by atomic mass is 35.5. The Kier molecular flexibility index (Phi) is 6.65. The molecule has 6 nitrogen and oxygen atoms in total. The summed E-state index contributed by atoms with van der Waals surface area (Å²) in [7, 11) is 1.90. The lowest BCUT2D eigenvalue weighted by atomic mass is 9.98. The van der Waals surface area contributed by atoms with Crippen molar-refractivity contribution < 1.29 is 9.53 Å². The molecule has 0 bridgehead atoms. The third-order valence-corrected chi connectivity index (χ3v) is 7.20. The van der Waals surface area contributed by atoms with Gasteiger partial charge < -0.3 is 15.5 Å². The van der Waals surface area contributed by atoms with Gasteiger partial charge in [-0.3, -0.25) is 9.48 Å². The van der Waals surface area contributed by atoms with Crippen molar-refractivity contribution in [3.8, 4) is 16.9 Å². The molecule has 0 atom stereocenters. The summed E-state index contributed by atoms with van der Waals surface area (Å²) in [5.41, 5.74) is 13.4. The molecule has 2 aromatic carbocycles. The first kappa shape index (κ1) is 24.2. The third-order valence-electron chi connectivity index (χ3n) is 6.29. The maximum absolute atomic E-state index is 12.3. The molecule has 0 aliphatic carbocycles. The van der Waals surface area contributed by atoms with Crippen molar-refractivity contribution in [3.05, 3.63) is 68.1 Å². The minimum atomic E-state index is -0.502. The predicted molar refractivity (Wildman–Crippen MR) is 138 cm³/mol. The van der Waals surface area contributed by atoms with E-state index in [0.717, 1.165) is 60.9 Å². The number of carbonyl (C=O) groups excluding carboxylic acids is 1. The molecule has 34 heavy (non-hydrogen) atoms. The van der Waals surface area contributed by atoms with Gasteiger partial charge in [-0.1, -0.05) is 29.3 Å². The number of fused-ring (bicyclic) bond motifs is 1. The second kappa shape index (κ2) is 9.35. The number of H-pyrrole nitrogens is 1. The van der Waals surface area contributed by atoms with E-state index in [4.69, 9.17) is 33.7 Å². The van der Waals surface area contributed by atoms with Gasteiger partial charge in [0.2, 0.25) is 0 Å². The number of carbonyl (C=O) groups is 1. The van der Waals surface area contributed by atoms with Gasteiger partial charge in [-0.2, -0.15) is 5.10 Å². The summed E-state index contributed by atoms with van der Waals surface area (Å²) in [6, 6.07) is 7.67. The Bertz CT molecular complexity index is 1400. The lowest BCUT2D eigenvalue weighted by Crippen LogP contribution is -2.14. The van der Waals surface area contributed by atoms with Crippen molar-refractivity contribution in [1.82, 2.24) is 14.8 Å². The van der Waals surface area contributed by atoms with Gasteiger partial charge in [-0.05, 0) is 75.4 Å². The summed E-state index contributed by atoms with van der Waals surface area (Å²) in [5, 5.41) is 6.80. The fourth-order valence-corrected chi connectivity index (χ4v) is 4.93. The van der Waals surface area contributed by atoms with Gasteiger partial charge in [0.15, 0.2) is 0 Å². The molecule has 3 N–H and O–H groups in total.